The van der Waals surface area contributed by atoms with E-state index in [2.05, 4.69) is 25.6 Å². The molecule has 0 saturated carbocycles. The van der Waals surface area contributed by atoms with Crippen LogP contribution in [0.25, 0.3) is 0 Å². The van der Waals surface area contributed by atoms with E-state index in [9.17, 15) is 0 Å². The van der Waals surface area contributed by atoms with Crippen molar-refractivity contribution in [3.63, 3.8) is 0 Å². The minimum Gasteiger partial charge on any atom is -0.367 e. The van der Waals surface area contributed by atoms with Gasteiger partial charge in [0, 0.05) is 25.0 Å². The molecule has 0 atom stereocenters. The van der Waals surface area contributed by atoms with Crippen molar-refractivity contribution in [3.8, 4) is 6.07 Å². The number of aromatic amines is 1. The van der Waals surface area contributed by atoms with E-state index >= 15 is 0 Å². The Bertz CT molecular complexity index is 540. The molecule has 0 spiro atoms. The Morgan fingerprint density at radius 3 is 2.78 bits per heavy atom. The highest BCUT2D eigenvalue weighted by Gasteiger charge is 2.01. The first-order chi connectivity index (χ1) is 8.78. The van der Waals surface area contributed by atoms with Gasteiger partial charge in [0.25, 0.3) is 0 Å². The van der Waals surface area contributed by atoms with Gasteiger partial charge in [-0.1, -0.05) is 0 Å². The lowest BCUT2D eigenvalue weighted by Gasteiger charge is -2.08. The molecule has 0 fully saturated rings. The van der Waals surface area contributed by atoms with Crippen molar-refractivity contribution in [3.05, 3.63) is 35.9 Å². The average Bonchev–Trinajstić information content (AvgIpc) is 2.86. The second kappa shape index (κ2) is 5.68. The van der Waals surface area contributed by atoms with E-state index < -0.39 is 0 Å². The van der Waals surface area contributed by atoms with Gasteiger partial charge in [0.2, 0.25) is 0 Å². The molecule has 0 aromatic carbocycles. The molecule has 2 aromatic heterocycles. The maximum atomic E-state index is 8.52. The number of H-pyrrole nitrogens is 1. The molecule has 0 aliphatic carbocycles. The lowest BCUT2D eigenvalue weighted by Crippen LogP contribution is -2.06. The van der Waals surface area contributed by atoms with Crippen molar-refractivity contribution in [2.75, 3.05) is 17.2 Å². The maximum absolute atomic E-state index is 8.52. The number of hydrogen-bond acceptors (Lipinski definition) is 5. The van der Waals surface area contributed by atoms with Gasteiger partial charge in [0.15, 0.2) is 0 Å². The topological polar surface area (TPSA) is 89.4 Å². The Morgan fingerprint density at radius 1 is 1.33 bits per heavy atom. The zero-order valence-corrected chi connectivity index (χ0v) is 10.1. The molecule has 0 bridgehead atoms. The van der Waals surface area contributed by atoms with E-state index in [1.807, 2.05) is 31.5 Å². The van der Waals surface area contributed by atoms with Gasteiger partial charge in [-0.15, -0.1) is 0 Å². The number of hydrogen-bond donors (Lipinski definition) is 3. The van der Waals surface area contributed by atoms with Crippen LogP contribution >= 0.6 is 0 Å². The van der Waals surface area contributed by atoms with Crippen LogP contribution in [-0.4, -0.2) is 21.5 Å². The second-order valence-corrected chi connectivity index (χ2v) is 3.77. The molecule has 92 valence electrons. The molecular formula is C12H14N6. The first-order valence-electron chi connectivity index (χ1n) is 5.60. The van der Waals surface area contributed by atoms with E-state index in [1.54, 1.807) is 6.07 Å². The largest absolute Gasteiger partial charge is 0.367 e. The number of aryl methyl sites for hydroxylation is 1. The van der Waals surface area contributed by atoms with Crippen molar-refractivity contribution in [1.29, 1.82) is 5.26 Å². The number of nitrogens with zero attached hydrogens (tertiary/aromatic N) is 3. The van der Waals surface area contributed by atoms with Gasteiger partial charge < -0.3 is 15.6 Å². The molecular weight excluding hydrogens is 228 g/mol. The highest BCUT2D eigenvalue weighted by atomic mass is 15.1. The molecule has 0 radical (unpaired) electrons. The van der Waals surface area contributed by atoms with Crippen molar-refractivity contribution in [1.82, 2.24) is 15.0 Å². The molecule has 3 N–H and O–H groups in total. The van der Waals surface area contributed by atoms with Crippen molar-refractivity contribution in [2.45, 2.75) is 13.5 Å². The Labute approximate surface area is 105 Å². The van der Waals surface area contributed by atoms with Crippen molar-refractivity contribution in [2.24, 2.45) is 0 Å². The summed E-state index contributed by atoms with van der Waals surface area (Å²) in [7, 11) is 0. The van der Waals surface area contributed by atoms with Gasteiger partial charge in [0.1, 0.15) is 24.0 Å². The predicted octanol–water partition coefficient (Wildman–Crippen LogP) is 1.66. The number of nitriles is 1. The monoisotopic (exact) mass is 242 g/mol. The van der Waals surface area contributed by atoms with E-state index in [0.717, 1.165) is 11.4 Å². The smallest absolute Gasteiger partial charge is 0.132 e. The van der Waals surface area contributed by atoms with Gasteiger partial charge in [0.05, 0.1) is 6.07 Å². The van der Waals surface area contributed by atoms with Crippen LogP contribution in [0.2, 0.25) is 0 Å². The maximum Gasteiger partial charge on any atom is 0.132 e. The quantitative estimate of drug-likeness (QED) is 0.694. The Hall–Kier alpha value is -2.55. The third kappa shape index (κ3) is 3.22. The number of nitrogens with one attached hydrogen (secondary N) is 3. The Kier molecular flexibility index (Phi) is 3.76. The van der Waals surface area contributed by atoms with Crippen LogP contribution < -0.4 is 10.6 Å². The Balaban J connectivity index is 2.03. The average molecular weight is 242 g/mol. The first kappa shape index (κ1) is 11.9. The van der Waals surface area contributed by atoms with Gasteiger partial charge in [-0.3, -0.25) is 0 Å². The summed E-state index contributed by atoms with van der Waals surface area (Å²) in [6.07, 6.45) is 3.80. The molecule has 2 heterocycles. The van der Waals surface area contributed by atoms with Crippen molar-refractivity contribution >= 4 is 11.6 Å². The fourth-order valence-corrected chi connectivity index (χ4v) is 1.54. The fourth-order valence-electron chi connectivity index (χ4n) is 1.54. The molecule has 0 unspecified atom stereocenters. The summed E-state index contributed by atoms with van der Waals surface area (Å²) in [6.45, 7) is 2.74. The summed E-state index contributed by atoms with van der Waals surface area (Å²) in [5, 5.41) is 14.6. The SMILES string of the molecule is Cc1nc(NCC#N)cc(NCc2cc[nH]c2)n1. The third-order valence-corrected chi connectivity index (χ3v) is 2.32. The fraction of sp³-hybridized carbons (Fsp3) is 0.250. The van der Waals surface area contributed by atoms with Crippen LogP contribution in [0.1, 0.15) is 11.4 Å². The van der Waals surface area contributed by atoms with Gasteiger partial charge >= 0.3 is 0 Å². The highest BCUT2D eigenvalue weighted by molar-refractivity contribution is 5.48. The molecule has 6 heteroatoms. The van der Waals surface area contributed by atoms with Crippen LogP contribution in [-0.2, 0) is 6.54 Å². The Morgan fingerprint density at radius 2 is 2.11 bits per heavy atom. The summed E-state index contributed by atoms with van der Waals surface area (Å²) in [5.41, 5.74) is 1.15. The second-order valence-electron chi connectivity index (χ2n) is 3.77. The molecule has 2 rings (SSSR count). The summed E-state index contributed by atoms with van der Waals surface area (Å²) in [4.78, 5) is 11.5. The highest BCUT2D eigenvalue weighted by Crippen LogP contribution is 2.12. The van der Waals surface area contributed by atoms with Crippen LogP contribution in [0, 0.1) is 18.3 Å². The summed E-state index contributed by atoms with van der Waals surface area (Å²) >= 11 is 0. The first-order valence-corrected chi connectivity index (χ1v) is 5.60. The minimum absolute atomic E-state index is 0.230. The summed E-state index contributed by atoms with van der Waals surface area (Å²) < 4.78 is 0. The number of rotatable bonds is 5. The molecule has 2 aromatic rings. The standard InChI is InChI=1S/C12H14N6/c1-9-17-11(15-5-3-13)6-12(18-9)16-8-10-2-4-14-7-10/h2,4,6-7,14H,5,8H2,1H3,(H2,15,16,17,18). The lowest BCUT2D eigenvalue weighted by molar-refractivity contribution is 1.02. The lowest BCUT2D eigenvalue weighted by atomic mass is 10.3. The van der Waals surface area contributed by atoms with Crippen LogP contribution in [0.4, 0.5) is 11.6 Å². The summed E-state index contributed by atoms with van der Waals surface area (Å²) in [6, 6.07) is 5.80. The predicted molar refractivity (Wildman–Crippen MR) is 69.0 cm³/mol. The molecule has 6 nitrogen and oxygen atoms in total. The van der Waals surface area contributed by atoms with E-state index in [1.165, 1.54) is 0 Å². The minimum atomic E-state index is 0.230. The summed E-state index contributed by atoms with van der Waals surface area (Å²) in [5.74, 6) is 2.05. The number of aromatic nitrogens is 3. The third-order valence-electron chi connectivity index (χ3n) is 2.32. The molecule has 0 saturated heterocycles. The van der Waals surface area contributed by atoms with Crippen LogP contribution in [0.3, 0.4) is 0 Å². The van der Waals surface area contributed by atoms with Crippen LogP contribution in [0.15, 0.2) is 24.5 Å². The van der Waals surface area contributed by atoms with E-state index in [4.69, 9.17) is 5.26 Å². The molecule has 18 heavy (non-hydrogen) atoms. The molecule has 0 aliphatic heterocycles. The molecule has 0 aliphatic rings. The van der Waals surface area contributed by atoms with Gasteiger partial charge in [-0.25, -0.2) is 9.97 Å². The van der Waals surface area contributed by atoms with Gasteiger partial charge in [-0.2, -0.15) is 5.26 Å². The normalized spacial score (nSPS) is 9.78. The van der Waals surface area contributed by atoms with E-state index in [-0.39, 0.29) is 6.54 Å². The zero-order valence-electron chi connectivity index (χ0n) is 10.1. The van der Waals surface area contributed by atoms with E-state index in [0.29, 0.717) is 18.2 Å². The van der Waals surface area contributed by atoms with Gasteiger partial charge in [-0.05, 0) is 18.6 Å². The number of anilines is 2. The van der Waals surface area contributed by atoms with Crippen molar-refractivity contribution < 1.29 is 0 Å². The zero-order chi connectivity index (χ0) is 12.8. The van der Waals surface area contributed by atoms with Crippen LogP contribution in [0.5, 0.6) is 0 Å². The molecule has 0 amide bonds.